The first-order valence-electron chi connectivity index (χ1n) is 11.4. The van der Waals surface area contributed by atoms with Crippen LogP contribution in [0.2, 0.25) is 0 Å². The second-order valence-corrected chi connectivity index (χ2v) is 13.1. The molecule has 1 amide bonds. The van der Waals surface area contributed by atoms with Crippen LogP contribution >= 0.6 is 11.3 Å². The number of carbonyl (C=O) groups is 1. The van der Waals surface area contributed by atoms with E-state index in [1.165, 1.54) is 11.3 Å². The summed E-state index contributed by atoms with van der Waals surface area (Å²) >= 11 is 1.75. The molecule has 3 fully saturated rings. The molecule has 32 heavy (non-hydrogen) atoms. The molecule has 1 aromatic carbocycles. The van der Waals surface area contributed by atoms with Crippen LogP contribution in [0, 0.1) is 0 Å². The van der Waals surface area contributed by atoms with Gasteiger partial charge in [0.1, 0.15) is 0 Å². The van der Waals surface area contributed by atoms with Crippen LogP contribution in [0.5, 0.6) is 0 Å². The Labute approximate surface area is 191 Å². The lowest BCUT2D eigenvalue weighted by molar-refractivity contribution is 0.100. The molecule has 2 bridgehead atoms. The second-order valence-electron chi connectivity index (χ2n) is 9.56. The molecule has 168 valence electrons. The molecule has 3 aliphatic heterocycles. The number of nitrogens with one attached hydrogen (secondary N) is 1. The number of nitrogens with zero attached hydrogens (tertiary/aromatic N) is 1. The highest BCUT2D eigenvalue weighted by Gasteiger charge is 2.47. The smallest absolute Gasteiger partial charge is 0.250 e. The van der Waals surface area contributed by atoms with Gasteiger partial charge in [-0.25, -0.2) is 8.42 Å². The predicted octanol–water partition coefficient (Wildman–Crippen LogP) is 4.02. The molecule has 3 aliphatic rings. The number of aromatic amines is 1. The molecule has 5 heterocycles. The van der Waals surface area contributed by atoms with E-state index in [0.29, 0.717) is 18.4 Å². The van der Waals surface area contributed by atoms with Gasteiger partial charge in [0.05, 0.1) is 21.6 Å². The maximum absolute atomic E-state index is 12.6. The van der Waals surface area contributed by atoms with E-state index < -0.39 is 15.7 Å². The van der Waals surface area contributed by atoms with Crippen molar-refractivity contribution in [2.45, 2.75) is 55.1 Å². The Hall–Kier alpha value is -2.16. The molecule has 8 heteroatoms. The zero-order chi connectivity index (χ0) is 22.0. The van der Waals surface area contributed by atoms with Gasteiger partial charge in [0, 0.05) is 23.0 Å². The van der Waals surface area contributed by atoms with Crippen molar-refractivity contribution >= 4 is 38.0 Å². The molecule has 3 aromatic rings. The maximum atomic E-state index is 12.6. The van der Waals surface area contributed by atoms with Crippen molar-refractivity contribution < 1.29 is 13.2 Å². The zero-order valence-electron chi connectivity index (χ0n) is 17.8. The zero-order valence-corrected chi connectivity index (χ0v) is 19.5. The maximum Gasteiger partial charge on any atom is 0.250 e. The Morgan fingerprint density at radius 3 is 2.53 bits per heavy atom. The number of H-pyrrole nitrogens is 1. The molecule has 0 spiro atoms. The third kappa shape index (κ3) is 3.23. The summed E-state index contributed by atoms with van der Waals surface area (Å²) in [4.78, 5) is 19.3. The number of sulfone groups is 1. The highest BCUT2D eigenvalue weighted by atomic mass is 32.2. The molecular weight excluding hydrogens is 442 g/mol. The van der Waals surface area contributed by atoms with E-state index >= 15 is 0 Å². The standard InChI is InChI=1S/C24H27N3O3S2/c25-24(28)21-10-14(16-6-17(31-13-16)12-27-4-1-5-27)9-20-22(11-26-23(20)21)15-7-18-2-3-19(8-15)32(18,29)30/h6,9-11,13,15,18-19,26H,1-5,7-8,12H2,(H2,25,28)/t15?,18-,19+. The largest absolute Gasteiger partial charge is 0.366 e. The number of thiophene rings is 1. The fraction of sp³-hybridized carbons (Fsp3) is 0.458. The average molecular weight is 470 g/mol. The Morgan fingerprint density at radius 1 is 1.12 bits per heavy atom. The van der Waals surface area contributed by atoms with Crippen molar-refractivity contribution in [2.75, 3.05) is 13.1 Å². The Morgan fingerprint density at radius 2 is 1.88 bits per heavy atom. The van der Waals surface area contributed by atoms with E-state index in [-0.39, 0.29) is 16.4 Å². The summed E-state index contributed by atoms with van der Waals surface area (Å²) in [5, 5.41) is 2.70. The number of hydrogen-bond acceptors (Lipinski definition) is 5. The number of likely N-dealkylation sites (tertiary alicyclic amines) is 1. The molecule has 6 rings (SSSR count). The Balaban J connectivity index is 1.40. The van der Waals surface area contributed by atoms with Crippen LogP contribution in [0.3, 0.4) is 0 Å². The highest BCUT2D eigenvalue weighted by Crippen LogP contribution is 2.47. The SMILES string of the molecule is NC(=O)c1cc(-c2csc(CN3CCC3)c2)cc2c(C3C[C@H]4CC[C@@H](C3)S4(=O)=O)c[nH]c12. The van der Waals surface area contributed by atoms with Crippen LogP contribution in [0.25, 0.3) is 22.0 Å². The van der Waals surface area contributed by atoms with E-state index in [4.69, 9.17) is 5.73 Å². The molecular formula is C24H27N3O3S2. The third-order valence-electron chi connectivity index (χ3n) is 7.68. The van der Waals surface area contributed by atoms with Gasteiger partial charge in [-0.05, 0) is 91.4 Å². The van der Waals surface area contributed by atoms with Gasteiger partial charge in [0.25, 0.3) is 5.91 Å². The Bertz CT molecular complexity index is 1300. The van der Waals surface area contributed by atoms with Crippen LogP contribution in [0.15, 0.2) is 29.8 Å². The van der Waals surface area contributed by atoms with Crippen molar-refractivity contribution in [3.8, 4) is 11.1 Å². The van der Waals surface area contributed by atoms with Gasteiger partial charge in [-0.1, -0.05) is 0 Å². The van der Waals surface area contributed by atoms with Gasteiger partial charge in [0.2, 0.25) is 0 Å². The van der Waals surface area contributed by atoms with E-state index in [1.807, 2.05) is 12.3 Å². The fourth-order valence-corrected chi connectivity index (χ4v) is 9.20. The van der Waals surface area contributed by atoms with E-state index in [1.54, 1.807) is 11.3 Å². The summed E-state index contributed by atoms with van der Waals surface area (Å²) < 4.78 is 25.1. The minimum absolute atomic E-state index is 0.185. The molecule has 0 radical (unpaired) electrons. The molecule has 3 atom stereocenters. The number of benzene rings is 1. The summed E-state index contributed by atoms with van der Waals surface area (Å²) in [6.45, 7) is 3.30. The average Bonchev–Trinajstić information content (AvgIpc) is 3.38. The molecule has 2 aromatic heterocycles. The number of carbonyl (C=O) groups excluding carboxylic acids is 1. The highest BCUT2D eigenvalue weighted by molar-refractivity contribution is 7.93. The van der Waals surface area contributed by atoms with Gasteiger partial charge in [-0.2, -0.15) is 0 Å². The number of amides is 1. The number of aromatic nitrogens is 1. The van der Waals surface area contributed by atoms with Crippen LogP contribution in [0.4, 0.5) is 0 Å². The van der Waals surface area contributed by atoms with Crippen molar-refractivity contribution in [3.63, 3.8) is 0 Å². The molecule has 0 aliphatic carbocycles. The lowest BCUT2D eigenvalue weighted by atomic mass is 9.89. The lowest BCUT2D eigenvalue weighted by Gasteiger charge is -2.29. The molecule has 6 nitrogen and oxygen atoms in total. The summed E-state index contributed by atoms with van der Waals surface area (Å²) in [5.41, 5.74) is 10.2. The predicted molar refractivity (Wildman–Crippen MR) is 128 cm³/mol. The monoisotopic (exact) mass is 469 g/mol. The number of nitrogens with two attached hydrogens (primary N) is 1. The quantitative estimate of drug-likeness (QED) is 0.590. The second kappa shape index (κ2) is 7.43. The first-order valence-corrected chi connectivity index (χ1v) is 13.9. The fourth-order valence-electron chi connectivity index (χ4n) is 5.79. The van der Waals surface area contributed by atoms with Gasteiger partial charge in [-0.15, -0.1) is 11.3 Å². The van der Waals surface area contributed by atoms with Crippen molar-refractivity contribution in [2.24, 2.45) is 5.73 Å². The summed E-state index contributed by atoms with van der Waals surface area (Å²) in [5.74, 6) is -0.266. The van der Waals surface area contributed by atoms with Crippen molar-refractivity contribution in [1.29, 1.82) is 0 Å². The van der Waals surface area contributed by atoms with Gasteiger partial charge in [0.15, 0.2) is 9.84 Å². The first kappa shape index (κ1) is 20.4. The van der Waals surface area contributed by atoms with Crippen LogP contribution in [-0.4, -0.2) is 47.8 Å². The normalized spacial score (nSPS) is 26.9. The van der Waals surface area contributed by atoms with Crippen molar-refractivity contribution in [1.82, 2.24) is 9.88 Å². The summed E-state index contributed by atoms with van der Waals surface area (Å²) in [6.07, 6.45) is 6.13. The number of hydrogen-bond donors (Lipinski definition) is 2. The van der Waals surface area contributed by atoms with Gasteiger partial charge in [-0.3, -0.25) is 9.69 Å². The molecule has 3 saturated heterocycles. The molecule has 0 saturated carbocycles. The number of primary amides is 1. The van der Waals surface area contributed by atoms with Crippen molar-refractivity contribution in [3.05, 3.63) is 45.8 Å². The minimum atomic E-state index is -2.97. The van der Waals surface area contributed by atoms with E-state index in [9.17, 15) is 13.2 Å². The lowest BCUT2D eigenvalue weighted by Crippen LogP contribution is -2.35. The summed E-state index contributed by atoms with van der Waals surface area (Å²) in [6, 6.07) is 6.25. The summed E-state index contributed by atoms with van der Waals surface area (Å²) in [7, 11) is -2.97. The first-order chi connectivity index (χ1) is 15.4. The van der Waals surface area contributed by atoms with Crippen LogP contribution in [-0.2, 0) is 16.4 Å². The van der Waals surface area contributed by atoms with Crippen LogP contribution in [0.1, 0.15) is 58.8 Å². The third-order valence-corrected chi connectivity index (χ3v) is 11.3. The van der Waals surface area contributed by atoms with Crippen LogP contribution < -0.4 is 5.73 Å². The molecule has 1 unspecified atom stereocenters. The van der Waals surface area contributed by atoms with E-state index in [2.05, 4.69) is 27.4 Å². The Kier molecular flexibility index (Phi) is 4.75. The topological polar surface area (TPSA) is 96.3 Å². The number of fused-ring (bicyclic) bond motifs is 3. The van der Waals surface area contributed by atoms with E-state index in [0.717, 1.165) is 60.1 Å². The van der Waals surface area contributed by atoms with Gasteiger partial charge < -0.3 is 10.7 Å². The minimum Gasteiger partial charge on any atom is -0.366 e. The molecule has 3 N–H and O–H groups in total. The van der Waals surface area contributed by atoms with Gasteiger partial charge >= 0.3 is 0 Å². The number of rotatable bonds is 5.